The van der Waals surface area contributed by atoms with Crippen molar-refractivity contribution in [1.29, 1.82) is 0 Å². The molecule has 1 N–H and O–H groups in total. The average Bonchev–Trinajstić information content (AvgIpc) is 3.45. The Balaban J connectivity index is 1.49. The van der Waals surface area contributed by atoms with Crippen LogP contribution < -0.4 is 5.56 Å². The zero-order chi connectivity index (χ0) is 19.8. The van der Waals surface area contributed by atoms with Gasteiger partial charge >= 0.3 is 0 Å². The van der Waals surface area contributed by atoms with Crippen molar-refractivity contribution in [1.82, 2.24) is 19.4 Å². The number of nitrogens with one attached hydrogen (secondary N) is 1. The molecular formula is C22H24N4O2. The number of nitrogens with zero attached hydrogens (tertiary/aromatic N) is 3. The molecule has 1 aromatic carbocycles. The van der Waals surface area contributed by atoms with Crippen LogP contribution in [-0.2, 0) is 11.3 Å². The smallest absolute Gasteiger partial charge is 0.258 e. The van der Waals surface area contributed by atoms with E-state index in [9.17, 15) is 9.59 Å². The molecule has 4 rings (SSSR count). The molecule has 6 nitrogen and oxygen atoms in total. The van der Waals surface area contributed by atoms with E-state index in [0.29, 0.717) is 22.8 Å². The van der Waals surface area contributed by atoms with E-state index in [1.54, 1.807) is 36.2 Å². The highest BCUT2D eigenvalue weighted by molar-refractivity contribution is 5.91. The van der Waals surface area contributed by atoms with Crippen LogP contribution in [0.25, 0.3) is 17.0 Å². The Bertz CT molecular complexity index is 1140. The molecule has 1 fully saturated rings. The van der Waals surface area contributed by atoms with Crippen molar-refractivity contribution in [2.75, 3.05) is 7.05 Å². The van der Waals surface area contributed by atoms with Crippen molar-refractivity contribution in [3.05, 3.63) is 69.5 Å². The van der Waals surface area contributed by atoms with Crippen molar-refractivity contribution in [3.63, 3.8) is 0 Å². The molecule has 1 aliphatic rings. The molecule has 0 spiro atoms. The maximum absolute atomic E-state index is 12.5. The van der Waals surface area contributed by atoms with Gasteiger partial charge in [-0.25, -0.2) is 4.98 Å². The van der Waals surface area contributed by atoms with Gasteiger partial charge in [0.15, 0.2) is 0 Å². The predicted octanol–water partition coefficient (Wildman–Crippen LogP) is 3.35. The van der Waals surface area contributed by atoms with Crippen LogP contribution in [0.5, 0.6) is 0 Å². The van der Waals surface area contributed by atoms with Crippen LogP contribution in [0.3, 0.4) is 0 Å². The van der Waals surface area contributed by atoms with Gasteiger partial charge in [-0.05, 0) is 56.5 Å². The summed E-state index contributed by atoms with van der Waals surface area (Å²) >= 11 is 0. The molecule has 2 aromatic heterocycles. The van der Waals surface area contributed by atoms with Crippen molar-refractivity contribution in [3.8, 4) is 0 Å². The Morgan fingerprint density at radius 2 is 2.07 bits per heavy atom. The average molecular weight is 376 g/mol. The van der Waals surface area contributed by atoms with E-state index in [1.165, 1.54) is 24.2 Å². The van der Waals surface area contributed by atoms with Crippen LogP contribution in [0.4, 0.5) is 0 Å². The van der Waals surface area contributed by atoms with Crippen molar-refractivity contribution in [2.24, 2.45) is 0 Å². The number of amides is 1. The monoisotopic (exact) mass is 376 g/mol. The third kappa shape index (κ3) is 3.50. The minimum atomic E-state index is -0.190. The molecule has 0 radical (unpaired) electrons. The van der Waals surface area contributed by atoms with Gasteiger partial charge in [-0.15, -0.1) is 0 Å². The molecule has 0 aliphatic heterocycles. The Morgan fingerprint density at radius 1 is 1.32 bits per heavy atom. The largest absolute Gasteiger partial charge is 0.346 e. The van der Waals surface area contributed by atoms with Gasteiger partial charge in [-0.1, -0.05) is 12.1 Å². The number of aromatic amines is 1. The summed E-state index contributed by atoms with van der Waals surface area (Å²) in [6, 6.07) is 9.93. The van der Waals surface area contributed by atoms with E-state index in [2.05, 4.69) is 34.4 Å². The van der Waals surface area contributed by atoms with Crippen molar-refractivity contribution in [2.45, 2.75) is 39.3 Å². The standard InChI is InChI=1S/C22H24N4O2/c1-14-12-16(15(2)26(14)17-9-10-17)8-11-21(27)25(3)13-20-23-19-7-5-4-6-18(19)22(28)24-20/h4-8,11-12,17H,9-10,13H2,1-3H3,(H,23,24,28). The first-order valence-corrected chi connectivity index (χ1v) is 9.53. The Morgan fingerprint density at radius 3 is 2.82 bits per heavy atom. The highest BCUT2D eigenvalue weighted by Gasteiger charge is 2.26. The lowest BCUT2D eigenvalue weighted by Crippen LogP contribution is -2.26. The summed E-state index contributed by atoms with van der Waals surface area (Å²) in [7, 11) is 1.70. The summed E-state index contributed by atoms with van der Waals surface area (Å²) in [6.45, 7) is 4.45. The molecule has 3 aromatic rings. The van der Waals surface area contributed by atoms with Gasteiger partial charge in [-0.2, -0.15) is 0 Å². The Kier molecular flexibility index (Phi) is 4.63. The summed E-state index contributed by atoms with van der Waals surface area (Å²) < 4.78 is 2.36. The molecule has 0 bridgehead atoms. The first-order chi connectivity index (χ1) is 13.4. The summed E-state index contributed by atoms with van der Waals surface area (Å²) in [5, 5.41) is 0.547. The van der Waals surface area contributed by atoms with E-state index in [0.717, 1.165) is 5.56 Å². The van der Waals surface area contributed by atoms with Crippen molar-refractivity contribution < 1.29 is 4.79 Å². The molecule has 1 amide bonds. The maximum Gasteiger partial charge on any atom is 0.258 e. The number of carbonyl (C=O) groups is 1. The van der Waals surface area contributed by atoms with Crippen LogP contribution in [0.15, 0.2) is 41.2 Å². The van der Waals surface area contributed by atoms with Crippen LogP contribution in [0.2, 0.25) is 0 Å². The number of hydrogen-bond donors (Lipinski definition) is 1. The number of aromatic nitrogens is 3. The summed E-state index contributed by atoms with van der Waals surface area (Å²) in [5.74, 6) is 0.340. The van der Waals surface area contributed by atoms with E-state index in [-0.39, 0.29) is 18.0 Å². The van der Waals surface area contributed by atoms with Gasteiger partial charge in [0.2, 0.25) is 5.91 Å². The minimum Gasteiger partial charge on any atom is -0.346 e. The minimum absolute atomic E-state index is 0.132. The van der Waals surface area contributed by atoms with Crippen LogP contribution in [0.1, 0.15) is 41.7 Å². The summed E-state index contributed by atoms with van der Waals surface area (Å²) in [6.07, 6.45) is 5.92. The number of carbonyl (C=O) groups excluding carboxylic acids is 1. The number of fused-ring (bicyclic) bond motifs is 1. The zero-order valence-electron chi connectivity index (χ0n) is 16.4. The number of likely N-dealkylation sites (N-methyl/N-ethyl adjacent to an activating group) is 1. The topological polar surface area (TPSA) is 71.0 Å². The third-order valence-corrected chi connectivity index (χ3v) is 5.27. The Labute approximate surface area is 163 Å². The highest BCUT2D eigenvalue weighted by atomic mass is 16.2. The quantitative estimate of drug-likeness (QED) is 0.694. The molecule has 0 unspecified atom stereocenters. The van der Waals surface area contributed by atoms with E-state index in [4.69, 9.17) is 0 Å². The van der Waals surface area contributed by atoms with Gasteiger partial charge in [0.25, 0.3) is 5.56 Å². The Hall–Kier alpha value is -3.15. The molecule has 2 heterocycles. The number of benzene rings is 1. The molecule has 0 saturated heterocycles. The third-order valence-electron chi connectivity index (χ3n) is 5.27. The molecule has 0 atom stereocenters. The predicted molar refractivity (Wildman–Crippen MR) is 110 cm³/mol. The van der Waals surface area contributed by atoms with Crippen LogP contribution in [-0.4, -0.2) is 32.4 Å². The fourth-order valence-electron chi connectivity index (χ4n) is 3.67. The van der Waals surface area contributed by atoms with Gasteiger partial charge in [0, 0.05) is 30.6 Å². The lowest BCUT2D eigenvalue weighted by atomic mass is 10.2. The number of hydrogen-bond acceptors (Lipinski definition) is 3. The molecule has 144 valence electrons. The number of rotatable bonds is 5. The summed E-state index contributed by atoms with van der Waals surface area (Å²) in [4.78, 5) is 33.5. The van der Waals surface area contributed by atoms with E-state index in [1.807, 2.05) is 12.1 Å². The zero-order valence-corrected chi connectivity index (χ0v) is 16.4. The lowest BCUT2D eigenvalue weighted by molar-refractivity contribution is -0.125. The molecule has 28 heavy (non-hydrogen) atoms. The van der Waals surface area contributed by atoms with Crippen molar-refractivity contribution >= 4 is 22.9 Å². The fourth-order valence-corrected chi connectivity index (χ4v) is 3.67. The summed E-state index contributed by atoms with van der Waals surface area (Å²) in [5.41, 5.74) is 3.95. The molecular weight excluding hydrogens is 352 g/mol. The normalized spacial score (nSPS) is 14.1. The van der Waals surface area contributed by atoms with Crippen LogP contribution in [0, 0.1) is 13.8 Å². The molecule has 1 aliphatic carbocycles. The first-order valence-electron chi connectivity index (χ1n) is 9.53. The second-order valence-corrected chi connectivity index (χ2v) is 7.49. The maximum atomic E-state index is 12.5. The first kappa shape index (κ1) is 18.2. The van der Waals surface area contributed by atoms with Gasteiger partial charge in [0.1, 0.15) is 5.82 Å². The molecule has 6 heteroatoms. The highest BCUT2D eigenvalue weighted by Crippen LogP contribution is 2.38. The number of H-pyrrole nitrogens is 1. The van der Waals surface area contributed by atoms with Crippen LogP contribution >= 0.6 is 0 Å². The van der Waals surface area contributed by atoms with E-state index >= 15 is 0 Å². The second-order valence-electron chi connectivity index (χ2n) is 7.49. The van der Waals surface area contributed by atoms with Gasteiger partial charge in [0.05, 0.1) is 17.4 Å². The fraction of sp³-hybridized carbons (Fsp3) is 0.318. The number of aryl methyl sites for hydroxylation is 1. The SMILES string of the molecule is Cc1cc(C=CC(=O)N(C)Cc2nc3ccccc3c(=O)[nH]2)c(C)n1C1CC1. The molecule has 1 saturated carbocycles. The van der Waals surface area contributed by atoms with Gasteiger partial charge in [-0.3, -0.25) is 9.59 Å². The second kappa shape index (κ2) is 7.11. The van der Waals surface area contributed by atoms with Gasteiger partial charge < -0.3 is 14.5 Å². The number of para-hydroxylation sites is 1. The van der Waals surface area contributed by atoms with E-state index < -0.39 is 0 Å². The lowest BCUT2D eigenvalue weighted by Gasteiger charge is -2.14.